The summed E-state index contributed by atoms with van der Waals surface area (Å²) in [6, 6.07) is 9.02. The molecule has 0 radical (unpaired) electrons. The lowest BCUT2D eigenvalue weighted by atomic mass is 10.1. The first-order valence-electron chi connectivity index (χ1n) is 6.17. The van der Waals surface area contributed by atoms with E-state index in [1.54, 1.807) is 0 Å². The van der Waals surface area contributed by atoms with Gasteiger partial charge in [0.2, 0.25) is 0 Å². The molecule has 0 N–H and O–H groups in total. The van der Waals surface area contributed by atoms with Crippen LogP contribution < -0.4 is 0 Å². The molecule has 0 aromatic heterocycles. The van der Waals surface area contributed by atoms with E-state index in [4.69, 9.17) is 4.99 Å². The van der Waals surface area contributed by atoms with Crippen LogP contribution in [0.3, 0.4) is 0 Å². The molecule has 1 fully saturated rings. The van der Waals surface area contributed by atoms with E-state index in [2.05, 4.69) is 50.0 Å². The third-order valence-corrected chi connectivity index (χ3v) is 3.66. The fourth-order valence-electron chi connectivity index (χ4n) is 2.17. The Hall–Kier alpha value is -0.300. The largest absolute Gasteiger partial charge is 0.349 e. The van der Waals surface area contributed by atoms with Crippen molar-refractivity contribution in [2.45, 2.75) is 18.4 Å². The Morgan fingerprint density at radius 1 is 1.11 bits per heavy atom. The molecule has 1 aliphatic carbocycles. The second kappa shape index (κ2) is 6.92. The molecule has 0 spiro atoms. The van der Waals surface area contributed by atoms with Crippen molar-refractivity contribution in [1.82, 2.24) is 9.80 Å². The number of benzene rings is 1. The number of rotatable bonds is 2. The van der Waals surface area contributed by atoms with E-state index < -0.39 is 0 Å². The van der Waals surface area contributed by atoms with Crippen LogP contribution in [0.15, 0.2) is 33.7 Å². The van der Waals surface area contributed by atoms with Gasteiger partial charge in [-0.2, -0.15) is 0 Å². The minimum atomic E-state index is 0. The Morgan fingerprint density at radius 2 is 1.63 bits per heavy atom. The van der Waals surface area contributed by atoms with Gasteiger partial charge in [-0.1, -0.05) is 28.1 Å². The molecule has 106 valence electrons. The molecule has 1 aromatic rings. The minimum Gasteiger partial charge on any atom is -0.349 e. The molecule has 2 unspecified atom stereocenters. The van der Waals surface area contributed by atoms with Crippen LogP contribution >= 0.6 is 39.9 Å². The average molecular weight is 438 g/mol. The number of hydrogen-bond acceptors (Lipinski definition) is 1. The van der Waals surface area contributed by atoms with Crippen LogP contribution in [-0.2, 0) is 0 Å². The molecule has 2 rings (SSSR count). The summed E-state index contributed by atoms with van der Waals surface area (Å²) >= 11 is 3.47. The lowest BCUT2D eigenvalue weighted by molar-refractivity contribution is 0.479. The molecule has 0 bridgehead atoms. The van der Waals surface area contributed by atoms with Crippen LogP contribution in [0.1, 0.15) is 17.9 Å². The van der Waals surface area contributed by atoms with Gasteiger partial charge in [-0.05, 0) is 24.1 Å². The molecular weight excluding hydrogens is 417 g/mol. The van der Waals surface area contributed by atoms with Gasteiger partial charge in [0.1, 0.15) is 0 Å². The number of aliphatic imine (C=N–C) groups is 1. The van der Waals surface area contributed by atoms with Gasteiger partial charge in [0, 0.05) is 38.6 Å². The Kier molecular flexibility index (Phi) is 6.11. The molecule has 3 nitrogen and oxygen atoms in total. The summed E-state index contributed by atoms with van der Waals surface area (Å²) in [5.41, 5.74) is 1.39. The van der Waals surface area contributed by atoms with E-state index in [1.807, 2.05) is 28.2 Å². The van der Waals surface area contributed by atoms with Crippen molar-refractivity contribution in [3.8, 4) is 0 Å². The van der Waals surface area contributed by atoms with Crippen LogP contribution in [0.2, 0.25) is 0 Å². The molecule has 1 aliphatic rings. The fraction of sp³-hybridized carbons (Fsp3) is 0.500. The van der Waals surface area contributed by atoms with Crippen LogP contribution in [0.25, 0.3) is 0 Å². The molecule has 0 saturated heterocycles. The summed E-state index contributed by atoms with van der Waals surface area (Å²) < 4.78 is 1.13. The molecule has 0 amide bonds. The highest BCUT2D eigenvalue weighted by Gasteiger charge is 2.38. The van der Waals surface area contributed by atoms with Gasteiger partial charge in [0.25, 0.3) is 0 Å². The first-order valence-corrected chi connectivity index (χ1v) is 6.96. The second-order valence-electron chi connectivity index (χ2n) is 5.18. The zero-order valence-corrected chi connectivity index (χ0v) is 15.7. The zero-order chi connectivity index (χ0) is 13.3. The van der Waals surface area contributed by atoms with Crippen molar-refractivity contribution in [2.75, 3.05) is 28.2 Å². The highest BCUT2D eigenvalue weighted by molar-refractivity contribution is 14.0. The van der Waals surface area contributed by atoms with Crippen LogP contribution in [0, 0.1) is 0 Å². The molecule has 19 heavy (non-hydrogen) atoms. The van der Waals surface area contributed by atoms with Crippen molar-refractivity contribution in [2.24, 2.45) is 4.99 Å². The summed E-state index contributed by atoms with van der Waals surface area (Å²) in [6.07, 6.45) is 1.16. The average Bonchev–Trinajstić information content (AvgIpc) is 3.05. The normalized spacial score (nSPS) is 20.3. The summed E-state index contributed by atoms with van der Waals surface area (Å²) in [5.74, 6) is 1.63. The first-order chi connectivity index (χ1) is 8.49. The van der Waals surface area contributed by atoms with E-state index in [0.717, 1.165) is 16.9 Å². The molecule has 0 aliphatic heterocycles. The second-order valence-corrected chi connectivity index (χ2v) is 6.09. The maximum Gasteiger partial charge on any atom is 0.195 e. The molecule has 2 atom stereocenters. The predicted octanol–water partition coefficient (Wildman–Crippen LogP) is 3.40. The van der Waals surface area contributed by atoms with Crippen molar-refractivity contribution in [3.05, 3.63) is 34.3 Å². The van der Waals surface area contributed by atoms with Gasteiger partial charge in [-0.25, -0.2) is 4.99 Å². The number of nitrogens with zero attached hydrogens (tertiary/aromatic N) is 3. The van der Waals surface area contributed by atoms with Crippen LogP contribution in [0.4, 0.5) is 0 Å². The van der Waals surface area contributed by atoms with Crippen molar-refractivity contribution in [3.63, 3.8) is 0 Å². The number of halogens is 2. The van der Waals surface area contributed by atoms with Crippen LogP contribution in [0.5, 0.6) is 0 Å². The smallest absolute Gasteiger partial charge is 0.195 e. The molecule has 1 aromatic carbocycles. The van der Waals surface area contributed by atoms with E-state index in [1.165, 1.54) is 5.56 Å². The highest BCUT2D eigenvalue weighted by atomic mass is 127. The quantitative estimate of drug-likeness (QED) is 0.401. The minimum absolute atomic E-state index is 0. The van der Waals surface area contributed by atoms with Gasteiger partial charge < -0.3 is 9.80 Å². The summed E-state index contributed by atoms with van der Waals surface area (Å²) in [5, 5.41) is 0. The standard InChI is InChI=1S/C14H20BrN3.HI/c1-17(2)14(18(3)4)16-13-9-12(13)10-5-7-11(15)8-6-10;/h5-8,12-13H,9H2,1-4H3;1H. The highest BCUT2D eigenvalue weighted by Crippen LogP contribution is 2.43. The third kappa shape index (κ3) is 4.34. The lowest BCUT2D eigenvalue weighted by Gasteiger charge is -2.22. The predicted molar refractivity (Wildman–Crippen MR) is 95.5 cm³/mol. The molecule has 1 saturated carbocycles. The maximum absolute atomic E-state index is 4.82. The third-order valence-electron chi connectivity index (χ3n) is 3.14. The van der Waals surface area contributed by atoms with Gasteiger partial charge in [-0.3, -0.25) is 0 Å². The Bertz CT molecular complexity index is 433. The van der Waals surface area contributed by atoms with Crippen molar-refractivity contribution >= 4 is 45.9 Å². The van der Waals surface area contributed by atoms with Crippen molar-refractivity contribution < 1.29 is 0 Å². The summed E-state index contributed by atoms with van der Waals surface area (Å²) in [7, 11) is 8.15. The van der Waals surface area contributed by atoms with E-state index in [0.29, 0.717) is 12.0 Å². The SMILES string of the molecule is CN(C)C(=NC1CC1c1ccc(Br)cc1)N(C)C.I. The van der Waals surface area contributed by atoms with E-state index >= 15 is 0 Å². The monoisotopic (exact) mass is 437 g/mol. The first kappa shape index (κ1) is 16.8. The summed E-state index contributed by atoms with van der Waals surface area (Å²) in [6.45, 7) is 0. The van der Waals surface area contributed by atoms with Gasteiger partial charge in [0.05, 0.1) is 6.04 Å². The Labute approximate surface area is 141 Å². The van der Waals surface area contributed by atoms with E-state index in [-0.39, 0.29) is 24.0 Å². The molecule has 5 heteroatoms. The maximum atomic E-state index is 4.82. The number of guanidine groups is 1. The van der Waals surface area contributed by atoms with Crippen molar-refractivity contribution in [1.29, 1.82) is 0 Å². The Balaban J connectivity index is 0.00000180. The Morgan fingerprint density at radius 3 is 2.11 bits per heavy atom. The lowest BCUT2D eigenvalue weighted by Crippen LogP contribution is -2.35. The zero-order valence-electron chi connectivity index (χ0n) is 11.8. The summed E-state index contributed by atoms with van der Waals surface area (Å²) in [4.78, 5) is 8.96. The van der Waals surface area contributed by atoms with E-state index in [9.17, 15) is 0 Å². The van der Waals surface area contributed by atoms with Gasteiger partial charge >= 0.3 is 0 Å². The van der Waals surface area contributed by atoms with Gasteiger partial charge in [0.15, 0.2) is 5.96 Å². The topological polar surface area (TPSA) is 18.8 Å². The number of hydrogen-bond donors (Lipinski definition) is 0. The van der Waals surface area contributed by atoms with Gasteiger partial charge in [-0.15, -0.1) is 24.0 Å². The van der Waals surface area contributed by atoms with Crippen LogP contribution in [-0.4, -0.2) is 50.0 Å². The fourth-order valence-corrected chi connectivity index (χ4v) is 2.44. The molecule has 0 heterocycles. The molecular formula is C14H21BrIN3.